The molecule has 0 aliphatic heterocycles. The van der Waals surface area contributed by atoms with Gasteiger partial charge in [-0.1, -0.05) is 0 Å². The van der Waals surface area contributed by atoms with Crippen LogP contribution in [0.4, 0.5) is 58.8 Å². The van der Waals surface area contributed by atoms with E-state index in [1.807, 2.05) is 0 Å². The van der Waals surface area contributed by atoms with E-state index in [0.717, 1.165) is 6.92 Å². The van der Waals surface area contributed by atoms with E-state index < -0.39 is 65.5 Å². The highest BCUT2D eigenvalue weighted by Crippen LogP contribution is 2.44. The largest absolute Gasteiger partial charge is 0.450 e. The number of anilines is 1. The average molecular weight is 420 g/mol. The maximum Gasteiger partial charge on any atom is 0.439 e. The van der Waals surface area contributed by atoms with Crippen molar-refractivity contribution >= 4 is 11.8 Å². The number of hydrogen-bond acceptors (Lipinski definition) is 3. The molecule has 154 valence electrons. The molecule has 2 N–H and O–H groups in total. The quantitative estimate of drug-likeness (QED) is 0.330. The van der Waals surface area contributed by atoms with E-state index in [4.69, 9.17) is 0 Å². The lowest BCUT2D eigenvalue weighted by molar-refractivity contribution is -0.295. The number of benzene rings is 1. The molecule has 4 nitrogen and oxygen atoms in total. The Labute approximate surface area is 142 Å². The van der Waals surface area contributed by atoms with Crippen LogP contribution in [0.2, 0.25) is 0 Å². The molecule has 0 aliphatic rings. The fourth-order valence-corrected chi connectivity index (χ4v) is 1.70. The van der Waals surface area contributed by atoms with E-state index in [9.17, 15) is 53.1 Å². The van der Waals surface area contributed by atoms with Crippen molar-refractivity contribution in [3.8, 4) is 0 Å². The molecule has 0 atom stereocenters. The second-order valence-electron chi connectivity index (χ2n) is 4.66. The molecule has 0 spiro atoms. The predicted molar refractivity (Wildman–Crippen MR) is 64.9 cm³/mol. The van der Waals surface area contributed by atoms with Gasteiger partial charge in [-0.15, -0.1) is 0 Å². The normalized spacial score (nSPS) is 12.7. The van der Waals surface area contributed by atoms with Gasteiger partial charge < -0.3 is 10.1 Å². The highest BCUT2D eigenvalue weighted by molar-refractivity contribution is 5.70. The summed E-state index contributed by atoms with van der Waals surface area (Å²) in [5, 5.41) is 0.422. The van der Waals surface area contributed by atoms with Gasteiger partial charge in [0.25, 0.3) is 0 Å². The van der Waals surface area contributed by atoms with Crippen LogP contribution in [-0.2, 0) is 4.74 Å². The molecule has 0 unspecified atom stereocenters. The number of alkyl halides is 6. The minimum Gasteiger partial charge on any atom is -0.450 e. The topological polar surface area (TPSA) is 50.4 Å². The highest BCUT2D eigenvalue weighted by atomic mass is 19.4. The number of ether oxygens (including phenoxy) is 1. The third-order valence-corrected chi connectivity index (χ3v) is 2.94. The van der Waals surface area contributed by atoms with Crippen LogP contribution in [0.15, 0.2) is 0 Å². The molecule has 0 saturated heterocycles. The average Bonchev–Trinajstić information content (AvgIpc) is 2.52. The van der Waals surface area contributed by atoms with Gasteiger partial charge in [-0.2, -0.15) is 26.3 Å². The lowest BCUT2D eigenvalue weighted by atomic mass is 10.1. The van der Waals surface area contributed by atoms with E-state index >= 15 is 0 Å². The van der Waals surface area contributed by atoms with E-state index in [1.165, 1.54) is 0 Å². The molecule has 1 rings (SSSR count). The Kier molecular flexibility index (Phi) is 6.07. The van der Waals surface area contributed by atoms with Crippen LogP contribution in [0, 0.1) is 29.1 Å². The zero-order valence-corrected chi connectivity index (χ0v) is 12.7. The van der Waals surface area contributed by atoms with Crippen LogP contribution in [0.5, 0.6) is 0 Å². The van der Waals surface area contributed by atoms with Crippen molar-refractivity contribution in [2.45, 2.75) is 24.9 Å². The van der Waals surface area contributed by atoms with E-state index in [1.54, 1.807) is 0 Å². The summed E-state index contributed by atoms with van der Waals surface area (Å²) in [5.74, 6) is -14.5. The maximum absolute atomic E-state index is 13.5. The fraction of sp³-hybridized carbons (Fsp3) is 0.417. The van der Waals surface area contributed by atoms with Gasteiger partial charge in [0, 0.05) is 0 Å². The Hall–Kier alpha value is -2.48. The molecular formula is C12H7F11N2O2. The second-order valence-corrected chi connectivity index (χ2v) is 4.66. The Morgan fingerprint density at radius 2 is 1.19 bits per heavy atom. The van der Waals surface area contributed by atoms with Crippen LogP contribution < -0.4 is 10.6 Å². The van der Waals surface area contributed by atoms with Crippen LogP contribution in [0.25, 0.3) is 0 Å². The first-order valence-electron chi connectivity index (χ1n) is 6.48. The van der Waals surface area contributed by atoms with Crippen LogP contribution >= 0.6 is 0 Å². The summed E-state index contributed by atoms with van der Waals surface area (Å²) in [6.07, 6.45) is -15.5. The molecular weight excluding hydrogens is 413 g/mol. The summed E-state index contributed by atoms with van der Waals surface area (Å²) in [7, 11) is 0. The second kappa shape index (κ2) is 7.26. The number of hydrogen-bond donors (Lipinski definition) is 2. The lowest BCUT2D eigenvalue weighted by Gasteiger charge is -2.38. The number of rotatable bonds is 4. The summed E-state index contributed by atoms with van der Waals surface area (Å²) >= 11 is 0. The first-order valence-corrected chi connectivity index (χ1v) is 6.48. The van der Waals surface area contributed by atoms with E-state index in [-0.39, 0.29) is 10.6 Å². The smallest absolute Gasteiger partial charge is 0.439 e. The Morgan fingerprint density at radius 3 is 1.52 bits per heavy atom. The van der Waals surface area contributed by atoms with Crippen molar-refractivity contribution in [2.75, 3.05) is 11.9 Å². The molecule has 0 fully saturated rings. The van der Waals surface area contributed by atoms with Gasteiger partial charge in [0.2, 0.25) is 5.82 Å². The molecule has 0 aromatic heterocycles. The van der Waals surface area contributed by atoms with Crippen molar-refractivity contribution in [3.05, 3.63) is 29.1 Å². The van der Waals surface area contributed by atoms with E-state index in [2.05, 4.69) is 4.74 Å². The number of nitrogens with one attached hydrogen (secondary N) is 2. The zero-order chi connectivity index (χ0) is 21.4. The van der Waals surface area contributed by atoms with Gasteiger partial charge in [0.15, 0.2) is 23.3 Å². The molecule has 0 heterocycles. The summed E-state index contributed by atoms with van der Waals surface area (Å²) in [5.41, 5.74) is -8.32. The SMILES string of the molecule is CCOC(=O)NC(Nc1c(F)c(F)c(F)c(F)c1F)(C(F)(F)F)C(F)(F)F. The molecule has 15 heteroatoms. The predicted octanol–water partition coefficient (Wildman–Crippen LogP) is 4.36. The third kappa shape index (κ3) is 3.95. The fourth-order valence-electron chi connectivity index (χ4n) is 1.70. The minimum atomic E-state index is -6.57. The monoisotopic (exact) mass is 420 g/mol. The van der Waals surface area contributed by atoms with Gasteiger partial charge in [-0.25, -0.2) is 26.7 Å². The summed E-state index contributed by atoms with van der Waals surface area (Å²) < 4.78 is 149. The van der Waals surface area contributed by atoms with Gasteiger partial charge in [-0.05, 0) is 6.92 Å². The van der Waals surface area contributed by atoms with Crippen LogP contribution in [0.3, 0.4) is 0 Å². The number of alkyl carbamates (subject to hydrolysis) is 1. The number of amides is 1. The van der Waals surface area contributed by atoms with Gasteiger partial charge >= 0.3 is 24.1 Å². The first kappa shape index (κ1) is 22.6. The zero-order valence-electron chi connectivity index (χ0n) is 12.7. The van der Waals surface area contributed by atoms with Crippen molar-refractivity contribution in [3.63, 3.8) is 0 Å². The molecule has 27 heavy (non-hydrogen) atoms. The number of carbonyl (C=O) groups is 1. The molecule has 0 saturated carbocycles. The lowest BCUT2D eigenvalue weighted by Crippen LogP contribution is -2.72. The number of carbonyl (C=O) groups excluding carboxylic acids is 1. The summed E-state index contributed by atoms with van der Waals surface area (Å²) in [4.78, 5) is 11.1. The summed E-state index contributed by atoms with van der Waals surface area (Å²) in [6, 6.07) is 0. The van der Waals surface area contributed by atoms with Gasteiger partial charge in [0.05, 0.1) is 6.61 Å². The third-order valence-electron chi connectivity index (χ3n) is 2.94. The Balaban J connectivity index is 3.71. The molecule has 1 aromatic carbocycles. The highest BCUT2D eigenvalue weighted by Gasteiger charge is 2.73. The van der Waals surface area contributed by atoms with Crippen molar-refractivity contribution in [2.24, 2.45) is 0 Å². The Bertz CT molecular complexity index is 687. The molecule has 0 bridgehead atoms. The standard InChI is InChI=1S/C12H7F11N2O2/c1-2-27-9(26)25-10(11(18,19)20,12(21,22)23)24-8-6(16)4(14)3(13)5(15)7(8)17/h24H,2H2,1H3,(H,25,26). The Morgan fingerprint density at radius 1 is 0.815 bits per heavy atom. The van der Waals surface area contributed by atoms with Gasteiger partial charge in [0.1, 0.15) is 5.69 Å². The van der Waals surface area contributed by atoms with Crippen molar-refractivity contribution in [1.82, 2.24) is 5.32 Å². The molecule has 1 aromatic rings. The molecule has 0 radical (unpaired) electrons. The minimum absolute atomic E-state index is 0.149. The number of halogens is 11. The molecule has 1 amide bonds. The summed E-state index contributed by atoms with van der Waals surface area (Å²) in [6.45, 7) is 0.292. The van der Waals surface area contributed by atoms with E-state index in [0.29, 0.717) is 0 Å². The van der Waals surface area contributed by atoms with Crippen molar-refractivity contribution < 1.29 is 57.8 Å². The molecule has 0 aliphatic carbocycles. The first-order chi connectivity index (χ1) is 12.1. The van der Waals surface area contributed by atoms with Crippen LogP contribution in [-0.4, -0.2) is 30.7 Å². The van der Waals surface area contributed by atoms with Crippen LogP contribution in [0.1, 0.15) is 6.92 Å². The maximum atomic E-state index is 13.5. The van der Waals surface area contributed by atoms with Crippen molar-refractivity contribution in [1.29, 1.82) is 0 Å². The van der Waals surface area contributed by atoms with Gasteiger partial charge in [-0.3, -0.25) is 5.32 Å².